The second-order valence-corrected chi connectivity index (χ2v) is 14.7. The van der Waals surface area contributed by atoms with Crippen LogP contribution < -0.4 is 10.6 Å². The molecule has 0 bridgehead atoms. The Morgan fingerprint density at radius 2 is 1.81 bits per heavy atom. The lowest BCUT2D eigenvalue weighted by molar-refractivity contribution is -0.139. The highest BCUT2D eigenvalue weighted by Gasteiger charge is 2.45. The molecule has 3 aliphatic rings. The predicted octanol–water partition coefficient (Wildman–Crippen LogP) is 5.21. The minimum absolute atomic E-state index is 0.0685. The third kappa shape index (κ3) is 6.94. The van der Waals surface area contributed by atoms with E-state index in [9.17, 15) is 33.5 Å². The SMILES string of the molecule is CN(Cc1ccc(-c2[nH]c3cc(F)cc4c3c2CCNC4=O)cc1)C(=O)CCCCCCSc1cccc2c1C(=O)N(C1CCC(=O)NC1=O)C2O. The van der Waals surface area contributed by atoms with Gasteiger partial charge in [-0.1, -0.05) is 49.2 Å². The van der Waals surface area contributed by atoms with Gasteiger partial charge in [0.25, 0.3) is 11.8 Å². The first-order valence-electron chi connectivity index (χ1n) is 17.7. The summed E-state index contributed by atoms with van der Waals surface area (Å²) >= 11 is 1.54. The quantitative estimate of drug-likeness (QED) is 0.0889. The van der Waals surface area contributed by atoms with Crippen molar-refractivity contribution >= 4 is 52.2 Å². The van der Waals surface area contributed by atoms with Crippen LogP contribution in [0.3, 0.4) is 0 Å². The van der Waals surface area contributed by atoms with Crippen LogP contribution in [0.25, 0.3) is 22.2 Å². The van der Waals surface area contributed by atoms with Crippen LogP contribution in [0.2, 0.25) is 0 Å². The molecular weight excluding hydrogens is 686 g/mol. The molecule has 0 radical (unpaired) electrons. The van der Waals surface area contributed by atoms with Gasteiger partial charge in [0.05, 0.1) is 11.1 Å². The number of nitrogens with zero attached hydrogens (tertiary/aromatic N) is 2. The number of rotatable bonds is 12. The number of aromatic nitrogens is 1. The number of aliphatic hydroxyl groups excluding tert-OH is 1. The largest absolute Gasteiger partial charge is 0.369 e. The molecule has 2 atom stereocenters. The van der Waals surface area contributed by atoms with Crippen molar-refractivity contribution in [1.82, 2.24) is 25.4 Å². The first-order chi connectivity index (χ1) is 25.1. The van der Waals surface area contributed by atoms with Gasteiger partial charge in [0, 0.05) is 60.0 Å². The number of carbonyl (C=O) groups excluding carboxylic acids is 5. The van der Waals surface area contributed by atoms with Crippen molar-refractivity contribution in [2.45, 2.75) is 75.1 Å². The number of unbranched alkanes of at least 4 members (excludes halogenated alkanes) is 3. The fourth-order valence-electron chi connectivity index (χ4n) is 7.44. The van der Waals surface area contributed by atoms with Crippen molar-refractivity contribution in [3.05, 3.63) is 88.2 Å². The minimum Gasteiger partial charge on any atom is -0.369 e. The molecule has 0 spiro atoms. The Morgan fingerprint density at radius 1 is 1.02 bits per heavy atom. The van der Waals surface area contributed by atoms with Crippen LogP contribution in [0.15, 0.2) is 59.5 Å². The molecule has 52 heavy (non-hydrogen) atoms. The molecule has 270 valence electrons. The second kappa shape index (κ2) is 14.9. The van der Waals surface area contributed by atoms with Crippen molar-refractivity contribution in [3.8, 4) is 11.3 Å². The van der Waals surface area contributed by atoms with Gasteiger partial charge in [-0.3, -0.25) is 34.2 Å². The van der Waals surface area contributed by atoms with Crippen molar-refractivity contribution in [2.24, 2.45) is 0 Å². The van der Waals surface area contributed by atoms with Gasteiger partial charge in [0.2, 0.25) is 17.7 Å². The monoisotopic (exact) mass is 725 g/mol. The van der Waals surface area contributed by atoms with E-state index in [0.717, 1.165) is 64.1 Å². The topological polar surface area (TPSA) is 152 Å². The van der Waals surface area contributed by atoms with Crippen LogP contribution in [-0.4, -0.2) is 74.8 Å². The standard InChI is InChI=1S/C39H40FN5O6S/c1-44(21-22-10-12-23(13-11-22)35-25-16-17-41-36(48)27-19-24(40)20-28(42-35)33(25)27)32(47)9-4-2-3-5-18-52-30-8-6-7-26-34(30)39(51)45(38(26)50)29-14-15-31(46)43-37(29)49/h6-8,10-13,19-20,29,38,42,50H,2-5,9,14-18,21H2,1H3,(H,41,48)(H,43,46,49). The van der Waals surface area contributed by atoms with Crippen LogP contribution in [0.5, 0.6) is 0 Å². The van der Waals surface area contributed by atoms with E-state index in [1.54, 1.807) is 24.1 Å². The minimum atomic E-state index is -1.24. The lowest BCUT2D eigenvalue weighted by atomic mass is 9.99. The first kappa shape index (κ1) is 35.4. The molecular formula is C39H40FN5O6S. The van der Waals surface area contributed by atoms with E-state index >= 15 is 0 Å². The van der Waals surface area contributed by atoms with Crippen LogP contribution in [0.1, 0.15) is 88.6 Å². The molecule has 4 aromatic rings. The number of aliphatic hydroxyl groups is 1. The molecule has 4 heterocycles. The van der Waals surface area contributed by atoms with Crippen LogP contribution in [0.4, 0.5) is 4.39 Å². The molecule has 3 aliphatic heterocycles. The zero-order valence-electron chi connectivity index (χ0n) is 28.8. The molecule has 0 aliphatic carbocycles. The predicted molar refractivity (Wildman–Crippen MR) is 194 cm³/mol. The van der Waals surface area contributed by atoms with Crippen LogP contribution in [-0.2, 0) is 27.3 Å². The van der Waals surface area contributed by atoms with Gasteiger partial charge >= 0.3 is 0 Å². The van der Waals surface area contributed by atoms with Gasteiger partial charge in [0.15, 0.2) is 6.23 Å². The van der Waals surface area contributed by atoms with Gasteiger partial charge in [-0.25, -0.2) is 4.39 Å². The number of halogens is 1. The van der Waals surface area contributed by atoms with Gasteiger partial charge in [-0.05, 0) is 66.3 Å². The van der Waals surface area contributed by atoms with E-state index in [-0.39, 0.29) is 30.6 Å². The average molecular weight is 726 g/mol. The fourth-order valence-corrected chi connectivity index (χ4v) is 8.54. The van der Waals surface area contributed by atoms with Crippen LogP contribution in [0, 0.1) is 5.82 Å². The third-order valence-corrected chi connectivity index (χ3v) is 11.2. The highest BCUT2D eigenvalue weighted by atomic mass is 32.2. The van der Waals surface area contributed by atoms with E-state index in [1.165, 1.54) is 28.8 Å². The van der Waals surface area contributed by atoms with Crippen molar-refractivity contribution in [1.29, 1.82) is 0 Å². The molecule has 2 unspecified atom stereocenters. The zero-order valence-corrected chi connectivity index (χ0v) is 29.6. The molecule has 1 aromatic heterocycles. The van der Waals surface area contributed by atoms with Gasteiger partial charge in [0.1, 0.15) is 11.9 Å². The van der Waals surface area contributed by atoms with E-state index in [1.807, 2.05) is 30.3 Å². The molecule has 5 amide bonds. The van der Waals surface area contributed by atoms with Gasteiger partial charge in [-0.2, -0.15) is 0 Å². The zero-order chi connectivity index (χ0) is 36.5. The van der Waals surface area contributed by atoms with E-state index in [2.05, 4.69) is 15.6 Å². The molecule has 13 heteroatoms. The fraction of sp³-hybridized carbons (Fsp3) is 0.359. The Hall–Kier alpha value is -5.01. The summed E-state index contributed by atoms with van der Waals surface area (Å²) in [6.45, 7) is 0.940. The summed E-state index contributed by atoms with van der Waals surface area (Å²) in [5.74, 6) is -1.25. The van der Waals surface area contributed by atoms with E-state index in [4.69, 9.17) is 0 Å². The first-order valence-corrected chi connectivity index (χ1v) is 18.6. The number of H-pyrrole nitrogens is 1. The Balaban J connectivity index is 0.860. The Morgan fingerprint density at radius 3 is 2.60 bits per heavy atom. The smallest absolute Gasteiger partial charge is 0.258 e. The highest BCUT2D eigenvalue weighted by molar-refractivity contribution is 7.99. The normalized spacial score (nSPS) is 18.3. The molecule has 0 saturated carbocycles. The Kier molecular flexibility index (Phi) is 10.2. The van der Waals surface area contributed by atoms with Crippen LogP contribution >= 0.6 is 11.8 Å². The molecule has 4 N–H and O–H groups in total. The molecule has 3 aromatic carbocycles. The van der Waals surface area contributed by atoms with Crippen molar-refractivity contribution in [3.63, 3.8) is 0 Å². The summed E-state index contributed by atoms with van der Waals surface area (Å²) in [5, 5.41) is 16.8. The summed E-state index contributed by atoms with van der Waals surface area (Å²) < 4.78 is 14.3. The number of hydrogen-bond acceptors (Lipinski definition) is 7. The molecule has 1 saturated heterocycles. The lowest BCUT2D eigenvalue weighted by Gasteiger charge is -2.31. The summed E-state index contributed by atoms with van der Waals surface area (Å²) in [6, 6.07) is 15.1. The lowest BCUT2D eigenvalue weighted by Crippen LogP contribution is -2.53. The number of benzene rings is 3. The second-order valence-electron chi connectivity index (χ2n) is 13.6. The Labute approximate surface area is 304 Å². The summed E-state index contributed by atoms with van der Waals surface area (Å²) in [6.07, 6.45) is 3.60. The number of nitrogens with one attached hydrogen (secondary N) is 3. The number of hydrogen-bond donors (Lipinski definition) is 4. The third-order valence-electron chi connectivity index (χ3n) is 10.1. The summed E-state index contributed by atoms with van der Waals surface area (Å²) in [7, 11) is 1.80. The highest BCUT2D eigenvalue weighted by Crippen LogP contribution is 2.40. The van der Waals surface area contributed by atoms with E-state index < -0.39 is 29.9 Å². The van der Waals surface area contributed by atoms with Crippen molar-refractivity contribution < 1.29 is 33.5 Å². The number of aromatic amines is 1. The number of amides is 5. The molecule has 1 fully saturated rings. The van der Waals surface area contributed by atoms with Gasteiger partial charge in [-0.15, -0.1) is 11.8 Å². The van der Waals surface area contributed by atoms with Gasteiger partial charge < -0.3 is 20.3 Å². The summed E-state index contributed by atoms with van der Waals surface area (Å²) in [5.41, 5.74) is 5.59. The number of piperidine rings is 1. The Bertz CT molecular complexity index is 2080. The maximum Gasteiger partial charge on any atom is 0.258 e. The molecule has 11 nitrogen and oxygen atoms in total. The average Bonchev–Trinajstić information content (AvgIpc) is 3.54. The molecule has 7 rings (SSSR count). The maximum atomic E-state index is 14.3. The number of imide groups is 1. The maximum absolute atomic E-state index is 14.3. The number of fused-ring (bicyclic) bond motifs is 1. The van der Waals surface area contributed by atoms with Crippen molar-refractivity contribution in [2.75, 3.05) is 19.3 Å². The number of carbonyl (C=O) groups is 5. The van der Waals surface area contributed by atoms with E-state index in [0.29, 0.717) is 48.1 Å². The number of thioether (sulfide) groups is 1. The summed E-state index contributed by atoms with van der Waals surface area (Å²) in [4.78, 5) is 69.8.